The Hall–Kier alpha value is -2.04. The van der Waals surface area contributed by atoms with Gasteiger partial charge in [0.05, 0.1) is 5.69 Å². The van der Waals surface area contributed by atoms with Gasteiger partial charge in [0.1, 0.15) is 5.75 Å². The van der Waals surface area contributed by atoms with E-state index in [0.29, 0.717) is 16.5 Å². The molecule has 2 aromatic rings. The number of para-hydroxylation sites is 1. The van der Waals surface area contributed by atoms with Gasteiger partial charge in [0.25, 0.3) is 0 Å². The Labute approximate surface area is 147 Å². The second kappa shape index (κ2) is 7.69. The fraction of sp³-hybridized carbons (Fsp3) is 0.316. The average molecular weight is 345 g/mol. The molecule has 0 radical (unpaired) electrons. The van der Waals surface area contributed by atoms with Crippen molar-refractivity contribution in [1.29, 1.82) is 0 Å². The summed E-state index contributed by atoms with van der Waals surface area (Å²) < 4.78 is 5.89. The molecule has 0 spiro atoms. The van der Waals surface area contributed by atoms with Crippen molar-refractivity contribution in [3.8, 4) is 11.5 Å². The first-order valence-corrected chi connectivity index (χ1v) is 8.51. The number of hydrogen-bond donors (Lipinski definition) is 1. The van der Waals surface area contributed by atoms with Crippen LogP contribution in [0.2, 0.25) is 5.02 Å². The highest BCUT2D eigenvalue weighted by atomic mass is 35.5. The van der Waals surface area contributed by atoms with Gasteiger partial charge in [0.2, 0.25) is 5.91 Å². The summed E-state index contributed by atoms with van der Waals surface area (Å²) in [7, 11) is 2.08. The minimum absolute atomic E-state index is 0.0308. The lowest BCUT2D eigenvalue weighted by Gasteiger charge is -2.28. The van der Waals surface area contributed by atoms with Crippen LogP contribution < -0.4 is 10.1 Å². The molecule has 1 aliphatic heterocycles. The summed E-state index contributed by atoms with van der Waals surface area (Å²) in [6.07, 6.45) is 1.75. The summed E-state index contributed by atoms with van der Waals surface area (Å²) in [6.45, 7) is 1.89. The average Bonchev–Trinajstić information content (AvgIpc) is 2.59. The van der Waals surface area contributed by atoms with Crippen LogP contribution in [0.1, 0.15) is 12.8 Å². The third-order valence-electron chi connectivity index (χ3n) is 4.26. The second-order valence-electron chi connectivity index (χ2n) is 6.12. The van der Waals surface area contributed by atoms with Gasteiger partial charge in [-0.05, 0) is 63.3 Å². The van der Waals surface area contributed by atoms with E-state index in [0.717, 1.165) is 31.7 Å². The van der Waals surface area contributed by atoms with Crippen molar-refractivity contribution in [3.63, 3.8) is 0 Å². The molecule has 4 nitrogen and oxygen atoms in total. The number of amides is 1. The molecule has 0 unspecified atom stereocenters. The van der Waals surface area contributed by atoms with Crippen molar-refractivity contribution in [1.82, 2.24) is 4.90 Å². The minimum Gasteiger partial charge on any atom is -0.455 e. The topological polar surface area (TPSA) is 41.6 Å². The SMILES string of the molecule is CN1CCC(C(=O)Nc2cc(Cl)ccc2Oc2ccccc2)CC1. The molecule has 3 rings (SSSR count). The van der Waals surface area contributed by atoms with Crippen LogP contribution >= 0.6 is 11.6 Å². The number of likely N-dealkylation sites (tertiary alicyclic amines) is 1. The molecule has 1 aliphatic rings. The van der Waals surface area contributed by atoms with Crippen molar-refractivity contribution in [3.05, 3.63) is 53.6 Å². The molecule has 1 heterocycles. The molecule has 1 fully saturated rings. The minimum atomic E-state index is 0.0308. The number of benzene rings is 2. The molecule has 0 aliphatic carbocycles. The molecule has 2 aromatic carbocycles. The first-order chi connectivity index (χ1) is 11.6. The van der Waals surface area contributed by atoms with Crippen LogP contribution in [-0.4, -0.2) is 30.9 Å². The number of anilines is 1. The first kappa shape index (κ1) is 16.8. The van der Waals surface area contributed by atoms with Gasteiger partial charge in [-0.1, -0.05) is 29.8 Å². The molecule has 0 atom stereocenters. The lowest BCUT2D eigenvalue weighted by atomic mass is 9.96. The molecule has 24 heavy (non-hydrogen) atoms. The van der Waals surface area contributed by atoms with Crippen molar-refractivity contribution in [2.45, 2.75) is 12.8 Å². The van der Waals surface area contributed by atoms with E-state index in [2.05, 4.69) is 17.3 Å². The van der Waals surface area contributed by atoms with Gasteiger partial charge in [0.15, 0.2) is 5.75 Å². The van der Waals surface area contributed by atoms with E-state index in [1.54, 1.807) is 18.2 Å². The predicted molar refractivity (Wildman–Crippen MR) is 96.8 cm³/mol. The summed E-state index contributed by atoms with van der Waals surface area (Å²) >= 11 is 6.09. The Bertz CT molecular complexity index is 698. The molecule has 0 bridgehead atoms. The van der Waals surface area contributed by atoms with Crippen molar-refractivity contribution < 1.29 is 9.53 Å². The van der Waals surface area contributed by atoms with Gasteiger partial charge < -0.3 is 15.0 Å². The molecular formula is C19H21ClN2O2. The second-order valence-corrected chi connectivity index (χ2v) is 6.56. The van der Waals surface area contributed by atoms with E-state index in [9.17, 15) is 4.79 Å². The third-order valence-corrected chi connectivity index (χ3v) is 4.49. The van der Waals surface area contributed by atoms with Gasteiger partial charge in [-0.3, -0.25) is 4.79 Å². The van der Waals surface area contributed by atoms with Crippen LogP contribution in [0.15, 0.2) is 48.5 Å². The van der Waals surface area contributed by atoms with E-state index in [1.807, 2.05) is 30.3 Å². The van der Waals surface area contributed by atoms with E-state index in [-0.39, 0.29) is 11.8 Å². The molecule has 0 saturated carbocycles. The van der Waals surface area contributed by atoms with Crippen LogP contribution in [0.3, 0.4) is 0 Å². The maximum atomic E-state index is 12.6. The highest BCUT2D eigenvalue weighted by molar-refractivity contribution is 6.31. The summed E-state index contributed by atoms with van der Waals surface area (Å²) in [5.41, 5.74) is 0.607. The zero-order chi connectivity index (χ0) is 16.9. The number of rotatable bonds is 4. The Morgan fingerprint density at radius 3 is 2.58 bits per heavy atom. The van der Waals surface area contributed by atoms with E-state index >= 15 is 0 Å². The van der Waals surface area contributed by atoms with E-state index < -0.39 is 0 Å². The summed E-state index contributed by atoms with van der Waals surface area (Å²) in [5.74, 6) is 1.37. The third kappa shape index (κ3) is 4.28. The van der Waals surface area contributed by atoms with Crippen LogP contribution in [0, 0.1) is 5.92 Å². The quantitative estimate of drug-likeness (QED) is 0.893. The lowest BCUT2D eigenvalue weighted by molar-refractivity contribution is -0.121. The van der Waals surface area contributed by atoms with Crippen molar-refractivity contribution in [2.24, 2.45) is 5.92 Å². The maximum Gasteiger partial charge on any atom is 0.227 e. The lowest BCUT2D eigenvalue weighted by Crippen LogP contribution is -2.35. The zero-order valence-electron chi connectivity index (χ0n) is 13.7. The smallest absolute Gasteiger partial charge is 0.227 e. The Balaban J connectivity index is 1.74. The van der Waals surface area contributed by atoms with Crippen LogP contribution in [0.25, 0.3) is 0 Å². The predicted octanol–water partition coefficient (Wildman–Crippen LogP) is 4.41. The van der Waals surface area contributed by atoms with Gasteiger partial charge in [-0.15, -0.1) is 0 Å². The monoisotopic (exact) mass is 344 g/mol. The van der Waals surface area contributed by atoms with Crippen LogP contribution in [0.4, 0.5) is 5.69 Å². The molecule has 1 saturated heterocycles. The Kier molecular flexibility index (Phi) is 5.38. The van der Waals surface area contributed by atoms with Gasteiger partial charge in [0, 0.05) is 10.9 Å². The Morgan fingerprint density at radius 1 is 1.17 bits per heavy atom. The summed E-state index contributed by atoms with van der Waals surface area (Å²) in [5, 5.41) is 3.55. The van der Waals surface area contributed by atoms with Gasteiger partial charge in [-0.2, -0.15) is 0 Å². The zero-order valence-corrected chi connectivity index (χ0v) is 14.4. The van der Waals surface area contributed by atoms with Gasteiger partial charge in [-0.25, -0.2) is 0 Å². The Morgan fingerprint density at radius 2 is 1.88 bits per heavy atom. The largest absolute Gasteiger partial charge is 0.455 e. The van der Waals surface area contributed by atoms with Crippen LogP contribution in [-0.2, 0) is 4.79 Å². The highest BCUT2D eigenvalue weighted by Gasteiger charge is 2.24. The van der Waals surface area contributed by atoms with E-state index in [1.165, 1.54) is 0 Å². The number of nitrogens with zero attached hydrogens (tertiary/aromatic N) is 1. The van der Waals surface area contributed by atoms with Gasteiger partial charge >= 0.3 is 0 Å². The molecular weight excluding hydrogens is 324 g/mol. The number of ether oxygens (including phenoxy) is 1. The number of carbonyl (C=O) groups excluding carboxylic acids is 1. The molecule has 126 valence electrons. The first-order valence-electron chi connectivity index (χ1n) is 8.13. The summed E-state index contributed by atoms with van der Waals surface area (Å²) in [6, 6.07) is 14.7. The highest BCUT2D eigenvalue weighted by Crippen LogP contribution is 2.32. The normalized spacial score (nSPS) is 15.9. The number of carbonyl (C=O) groups is 1. The summed E-state index contributed by atoms with van der Waals surface area (Å²) in [4.78, 5) is 14.8. The number of piperidine rings is 1. The standard InChI is InChI=1S/C19H21ClN2O2/c1-22-11-9-14(10-12-22)19(23)21-17-13-15(20)7-8-18(17)24-16-5-3-2-4-6-16/h2-8,13-14H,9-12H2,1H3,(H,21,23). The van der Waals surface area contributed by atoms with Crippen molar-refractivity contribution in [2.75, 3.05) is 25.5 Å². The van der Waals surface area contributed by atoms with Crippen molar-refractivity contribution >= 4 is 23.2 Å². The maximum absolute atomic E-state index is 12.6. The number of halogens is 1. The molecule has 1 amide bonds. The number of nitrogens with one attached hydrogen (secondary N) is 1. The molecule has 1 N–H and O–H groups in total. The fourth-order valence-electron chi connectivity index (χ4n) is 2.81. The van der Waals surface area contributed by atoms with Crippen LogP contribution in [0.5, 0.6) is 11.5 Å². The number of hydrogen-bond acceptors (Lipinski definition) is 3. The fourth-order valence-corrected chi connectivity index (χ4v) is 2.98. The molecule has 5 heteroatoms. The molecule has 0 aromatic heterocycles. The van der Waals surface area contributed by atoms with E-state index in [4.69, 9.17) is 16.3 Å².